The van der Waals surface area contributed by atoms with Gasteiger partial charge in [0.2, 0.25) is 5.91 Å². The fraction of sp³-hybridized carbons (Fsp3) is 0.185. The molecule has 0 bridgehead atoms. The Morgan fingerprint density at radius 2 is 1.59 bits per heavy atom. The fourth-order valence-corrected chi connectivity index (χ4v) is 3.78. The zero-order valence-corrected chi connectivity index (χ0v) is 19.3. The average Bonchev–Trinajstić information content (AvgIpc) is 3.04. The Labute approximate surface area is 198 Å². The maximum atomic E-state index is 13.4. The molecule has 0 aliphatic carbocycles. The lowest BCUT2D eigenvalue weighted by atomic mass is 10.0. The molecule has 172 valence electrons. The lowest BCUT2D eigenvalue weighted by molar-refractivity contribution is -0.137. The molecule has 4 rings (SSSR count). The van der Waals surface area contributed by atoms with Crippen molar-refractivity contribution in [2.24, 2.45) is 0 Å². The molecular weight excluding hydrogens is 428 g/mol. The first kappa shape index (κ1) is 22.9. The van der Waals surface area contributed by atoms with Gasteiger partial charge in [0.15, 0.2) is 0 Å². The minimum atomic E-state index is -0.412. The second-order valence-electron chi connectivity index (χ2n) is 8.43. The molecule has 3 amide bonds. The Hall–Kier alpha value is -4.26. The molecule has 0 fully saturated rings. The van der Waals surface area contributed by atoms with E-state index in [0.29, 0.717) is 28.6 Å². The number of rotatable bonds is 7. The topological polar surface area (TPSA) is 91.4 Å². The number of nitrogens with zero attached hydrogens (tertiary/aromatic N) is 2. The van der Waals surface area contributed by atoms with Gasteiger partial charge in [-0.1, -0.05) is 44.2 Å². The van der Waals surface area contributed by atoms with Crippen molar-refractivity contribution in [3.05, 3.63) is 95.4 Å². The number of imide groups is 1. The van der Waals surface area contributed by atoms with Crippen LogP contribution in [0.1, 0.15) is 43.5 Å². The molecule has 2 N–H and O–H groups in total. The summed E-state index contributed by atoms with van der Waals surface area (Å²) in [5.74, 6) is -0.615. The number of anilines is 2. The van der Waals surface area contributed by atoms with Crippen molar-refractivity contribution in [3.8, 4) is 0 Å². The van der Waals surface area contributed by atoms with Crippen LogP contribution in [0.5, 0.6) is 0 Å². The number of nitrogens with one attached hydrogen (secondary N) is 2. The molecule has 0 spiro atoms. The number of aromatic nitrogens is 1. The van der Waals surface area contributed by atoms with E-state index in [-0.39, 0.29) is 23.7 Å². The zero-order valence-electron chi connectivity index (χ0n) is 19.3. The number of amides is 3. The summed E-state index contributed by atoms with van der Waals surface area (Å²) in [5, 5.41) is 5.88. The number of benzene rings is 2. The third kappa shape index (κ3) is 4.88. The molecule has 0 atom stereocenters. The van der Waals surface area contributed by atoms with E-state index in [9.17, 15) is 14.4 Å². The van der Waals surface area contributed by atoms with Gasteiger partial charge in [-0.15, -0.1) is 0 Å². The van der Waals surface area contributed by atoms with Gasteiger partial charge in [0.05, 0.1) is 17.8 Å². The van der Waals surface area contributed by atoms with Crippen molar-refractivity contribution in [1.82, 2.24) is 9.88 Å². The van der Waals surface area contributed by atoms with Crippen LogP contribution in [0, 0.1) is 0 Å². The van der Waals surface area contributed by atoms with Crippen molar-refractivity contribution in [2.75, 3.05) is 10.6 Å². The molecule has 2 aromatic carbocycles. The zero-order chi connectivity index (χ0) is 24.2. The van der Waals surface area contributed by atoms with E-state index in [1.807, 2.05) is 30.3 Å². The molecule has 34 heavy (non-hydrogen) atoms. The molecule has 0 unspecified atom stereocenters. The van der Waals surface area contributed by atoms with Crippen LogP contribution >= 0.6 is 0 Å². The number of hydrogen-bond acceptors (Lipinski definition) is 5. The van der Waals surface area contributed by atoms with Crippen LogP contribution in [0.25, 0.3) is 5.57 Å². The van der Waals surface area contributed by atoms with Gasteiger partial charge in [0.1, 0.15) is 5.70 Å². The summed E-state index contributed by atoms with van der Waals surface area (Å²) in [6, 6.07) is 20.0. The molecule has 2 heterocycles. The highest BCUT2D eigenvalue weighted by atomic mass is 16.2. The molecule has 0 radical (unpaired) electrons. The first-order valence-corrected chi connectivity index (χ1v) is 11.1. The SMILES string of the molecule is CC(=O)Nc1ccc(C2=C(Nc3ccc(C(C)C)cc3)C(=O)N(Cc3ccccn3)C2=O)cc1. The predicted molar refractivity (Wildman–Crippen MR) is 132 cm³/mol. The highest BCUT2D eigenvalue weighted by Crippen LogP contribution is 2.32. The summed E-state index contributed by atoms with van der Waals surface area (Å²) in [7, 11) is 0. The third-order valence-electron chi connectivity index (χ3n) is 5.55. The van der Waals surface area contributed by atoms with Crippen LogP contribution in [0.3, 0.4) is 0 Å². The van der Waals surface area contributed by atoms with Crippen molar-refractivity contribution in [2.45, 2.75) is 33.2 Å². The standard InChI is InChI=1S/C27H26N4O3/c1-17(2)19-7-11-22(12-8-19)30-25-24(20-9-13-21(14-10-20)29-18(3)32)26(33)31(27(25)34)16-23-6-4-5-15-28-23/h4-15,17,30H,16H2,1-3H3,(H,29,32). The second-order valence-corrected chi connectivity index (χ2v) is 8.43. The van der Waals surface area contributed by atoms with E-state index in [4.69, 9.17) is 0 Å². The lowest BCUT2D eigenvalue weighted by Gasteiger charge is -2.15. The molecule has 0 saturated carbocycles. The van der Waals surface area contributed by atoms with E-state index in [0.717, 1.165) is 0 Å². The minimum Gasteiger partial charge on any atom is -0.350 e. The highest BCUT2D eigenvalue weighted by Gasteiger charge is 2.39. The van der Waals surface area contributed by atoms with Gasteiger partial charge >= 0.3 is 0 Å². The Kier molecular flexibility index (Phi) is 6.54. The quantitative estimate of drug-likeness (QED) is 0.511. The van der Waals surface area contributed by atoms with Crippen LogP contribution in [0.15, 0.2) is 78.6 Å². The van der Waals surface area contributed by atoms with Gasteiger partial charge in [-0.25, -0.2) is 0 Å². The Bertz CT molecular complexity index is 1250. The van der Waals surface area contributed by atoms with Crippen molar-refractivity contribution in [1.29, 1.82) is 0 Å². The molecule has 1 aliphatic rings. The Morgan fingerprint density at radius 3 is 2.18 bits per heavy atom. The molecule has 0 saturated heterocycles. The number of pyridine rings is 1. The average molecular weight is 455 g/mol. The predicted octanol–water partition coefficient (Wildman–Crippen LogP) is 4.56. The van der Waals surface area contributed by atoms with Crippen LogP contribution in [0.4, 0.5) is 11.4 Å². The fourth-order valence-electron chi connectivity index (χ4n) is 3.78. The van der Waals surface area contributed by atoms with Gasteiger partial charge in [-0.3, -0.25) is 24.3 Å². The van der Waals surface area contributed by atoms with Crippen LogP contribution in [-0.4, -0.2) is 27.6 Å². The van der Waals surface area contributed by atoms with Crippen molar-refractivity contribution in [3.63, 3.8) is 0 Å². The van der Waals surface area contributed by atoms with Crippen LogP contribution in [0.2, 0.25) is 0 Å². The van der Waals surface area contributed by atoms with Crippen molar-refractivity contribution < 1.29 is 14.4 Å². The maximum Gasteiger partial charge on any atom is 0.278 e. The molecule has 3 aromatic rings. The number of hydrogen-bond donors (Lipinski definition) is 2. The van der Waals surface area contributed by atoms with Gasteiger partial charge in [0, 0.05) is 24.5 Å². The van der Waals surface area contributed by atoms with E-state index in [1.165, 1.54) is 17.4 Å². The van der Waals surface area contributed by atoms with E-state index < -0.39 is 11.8 Å². The molecule has 7 heteroatoms. The highest BCUT2D eigenvalue weighted by molar-refractivity contribution is 6.36. The molecule has 7 nitrogen and oxygen atoms in total. The Balaban J connectivity index is 1.70. The van der Waals surface area contributed by atoms with Crippen LogP contribution in [-0.2, 0) is 20.9 Å². The molecule has 1 aromatic heterocycles. The smallest absolute Gasteiger partial charge is 0.278 e. The summed E-state index contributed by atoms with van der Waals surface area (Å²) < 4.78 is 0. The van der Waals surface area contributed by atoms with Gasteiger partial charge in [-0.2, -0.15) is 0 Å². The minimum absolute atomic E-state index is 0.0729. The monoisotopic (exact) mass is 454 g/mol. The Morgan fingerprint density at radius 1 is 0.912 bits per heavy atom. The number of carbonyl (C=O) groups is 3. The normalized spacial score (nSPS) is 13.6. The third-order valence-corrected chi connectivity index (χ3v) is 5.55. The van der Waals surface area contributed by atoms with E-state index >= 15 is 0 Å². The summed E-state index contributed by atoms with van der Waals surface area (Å²) in [4.78, 5) is 43.6. The summed E-state index contributed by atoms with van der Waals surface area (Å²) in [6.07, 6.45) is 1.63. The van der Waals surface area contributed by atoms with E-state index in [1.54, 1.807) is 42.6 Å². The van der Waals surface area contributed by atoms with Gasteiger partial charge in [0.25, 0.3) is 11.8 Å². The molecular formula is C27H26N4O3. The largest absolute Gasteiger partial charge is 0.350 e. The lowest BCUT2D eigenvalue weighted by Crippen LogP contribution is -2.32. The van der Waals surface area contributed by atoms with Gasteiger partial charge < -0.3 is 10.6 Å². The van der Waals surface area contributed by atoms with E-state index in [2.05, 4.69) is 29.5 Å². The maximum absolute atomic E-state index is 13.4. The first-order chi connectivity index (χ1) is 16.3. The molecule has 1 aliphatic heterocycles. The number of carbonyl (C=O) groups excluding carboxylic acids is 3. The first-order valence-electron chi connectivity index (χ1n) is 11.1. The van der Waals surface area contributed by atoms with Crippen molar-refractivity contribution >= 4 is 34.7 Å². The summed E-state index contributed by atoms with van der Waals surface area (Å²) in [6.45, 7) is 5.73. The van der Waals surface area contributed by atoms with Gasteiger partial charge in [-0.05, 0) is 53.4 Å². The summed E-state index contributed by atoms with van der Waals surface area (Å²) in [5.41, 5.74) is 4.20. The summed E-state index contributed by atoms with van der Waals surface area (Å²) >= 11 is 0. The van der Waals surface area contributed by atoms with Crippen LogP contribution < -0.4 is 10.6 Å². The second kappa shape index (κ2) is 9.70.